The van der Waals surface area contributed by atoms with Crippen LogP contribution in [-0.4, -0.2) is 61.4 Å². The Labute approximate surface area is 125 Å². The van der Waals surface area contributed by atoms with Crippen LogP contribution in [0.2, 0.25) is 0 Å². The minimum absolute atomic E-state index is 0.0879. The highest BCUT2D eigenvalue weighted by molar-refractivity contribution is 7.89. The fourth-order valence-electron chi connectivity index (χ4n) is 2.37. The molecule has 0 spiro atoms. The van der Waals surface area contributed by atoms with Gasteiger partial charge in [-0.2, -0.15) is 4.31 Å². The van der Waals surface area contributed by atoms with E-state index in [1.54, 1.807) is 18.2 Å². The lowest BCUT2D eigenvalue weighted by atomic mass is 10.2. The summed E-state index contributed by atoms with van der Waals surface area (Å²) in [7, 11) is -3.45. The number of benzene rings is 1. The van der Waals surface area contributed by atoms with Crippen LogP contribution in [0.25, 0.3) is 0 Å². The molecule has 1 fully saturated rings. The Morgan fingerprint density at radius 3 is 2.48 bits per heavy atom. The van der Waals surface area contributed by atoms with Crippen molar-refractivity contribution in [2.45, 2.75) is 18.2 Å². The van der Waals surface area contributed by atoms with Crippen LogP contribution < -0.4 is 0 Å². The van der Waals surface area contributed by atoms with Gasteiger partial charge in [-0.05, 0) is 24.6 Å². The number of carboxylic acids is 1. The highest BCUT2D eigenvalue weighted by Crippen LogP contribution is 2.18. The Kier molecular flexibility index (Phi) is 4.97. The first kappa shape index (κ1) is 15.9. The third kappa shape index (κ3) is 4.03. The third-order valence-electron chi connectivity index (χ3n) is 3.60. The fourth-order valence-corrected chi connectivity index (χ4v) is 3.90. The lowest BCUT2D eigenvalue weighted by molar-refractivity contribution is -0.137. The molecule has 0 atom stereocenters. The number of hydrogen-bond donors (Lipinski definition) is 1. The topological polar surface area (TPSA) is 77.9 Å². The van der Waals surface area contributed by atoms with Crippen molar-refractivity contribution in [3.63, 3.8) is 0 Å². The van der Waals surface area contributed by atoms with Gasteiger partial charge in [-0.1, -0.05) is 12.1 Å². The minimum atomic E-state index is -3.45. The molecule has 7 heteroatoms. The molecule has 0 amide bonds. The van der Waals surface area contributed by atoms with Crippen LogP contribution in [0.15, 0.2) is 29.2 Å². The number of piperazine rings is 1. The SMILES string of the molecule is Cc1cccc(S(=O)(=O)N2CCN(CCC(=O)O)CC2)c1. The van der Waals surface area contributed by atoms with E-state index in [-0.39, 0.29) is 6.42 Å². The zero-order valence-corrected chi connectivity index (χ0v) is 12.8. The van der Waals surface area contributed by atoms with Gasteiger partial charge < -0.3 is 10.0 Å². The summed E-state index contributed by atoms with van der Waals surface area (Å²) in [5, 5.41) is 8.67. The standard InChI is InChI=1S/C14H20N2O4S/c1-12-3-2-4-13(11-12)21(19,20)16-9-7-15(8-10-16)6-5-14(17)18/h2-4,11H,5-10H2,1H3,(H,17,18). The van der Waals surface area contributed by atoms with Crippen LogP contribution in [0.4, 0.5) is 0 Å². The average molecular weight is 312 g/mol. The summed E-state index contributed by atoms with van der Waals surface area (Å²) in [6, 6.07) is 6.89. The van der Waals surface area contributed by atoms with Gasteiger partial charge in [0.15, 0.2) is 0 Å². The zero-order valence-electron chi connectivity index (χ0n) is 12.0. The number of rotatable bonds is 5. The predicted octanol–water partition coefficient (Wildman–Crippen LogP) is 0.776. The number of aryl methyl sites for hydroxylation is 1. The van der Waals surface area contributed by atoms with E-state index < -0.39 is 16.0 Å². The van der Waals surface area contributed by atoms with Crippen LogP contribution in [-0.2, 0) is 14.8 Å². The Bertz CT molecular complexity index is 607. The minimum Gasteiger partial charge on any atom is -0.481 e. The lowest BCUT2D eigenvalue weighted by Crippen LogP contribution is -2.48. The number of hydrogen-bond acceptors (Lipinski definition) is 4. The maximum absolute atomic E-state index is 12.5. The molecule has 0 bridgehead atoms. The first-order chi connectivity index (χ1) is 9.89. The second kappa shape index (κ2) is 6.55. The molecule has 2 rings (SSSR count). The lowest BCUT2D eigenvalue weighted by Gasteiger charge is -2.33. The predicted molar refractivity (Wildman–Crippen MR) is 78.6 cm³/mol. The third-order valence-corrected chi connectivity index (χ3v) is 5.50. The molecule has 1 aromatic rings. The first-order valence-corrected chi connectivity index (χ1v) is 8.34. The Hall–Kier alpha value is -1.44. The van der Waals surface area contributed by atoms with Gasteiger partial charge in [0.25, 0.3) is 0 Å². The Balaban J connectivity index is 1.99. The summed E-state index contributed by atoms with van der Waals surface area (Å²) in [5.41, 5.74) is 0.913. The molecule has 1 N–H and O–H groups in total. The number of carbonyl (C=O) groups is 1. The summed E-state index contributed by atoms with van der Waals surface area (Å²) < 4.78 is 26.5. The van der Waals surface area contributed by atoms with Crippen LogP contribution in [0.5, 0.6) is 0 Å². The van der Waals surface area contributed by atoms with Gasteiger partial charge in [-0.3, -0.25) is 4.79 Å². The Morgan fingerprint density at radius 2 is 1.90 bits per heavy atom. The molecule has 21 heavy (non-hydrogen) atoms. The smallest absolute Gasteiger partial charge is 0.304 e. The molecule has 0 radical (unpaired) electrons. The van der Waals surface area contributed by atoms with Crippen LogP contribution in [0.1, 0.15) is 12.0 Å². The van der Waals surface area contributed by atoms with Crippen LogP contribution in [0, 0.1) is 6.92 Å². The fraction of sp³-hybridized carbons (Fsp3) is 0.500. The van der Waals surface area contributed by atoms with E-state index in [0.29, 0.717) is 37.6 Å². The highest BCUT2D eigenvalue weighted by atomic mass is 32.2. The molecule has 0 aromatic heterocycles. The number of carboxylic acid groups (broad SMARTS) is 1. The second-order valence-electron chi connectivity index (χ2n) is 5.21. The van der Waals surface area contributed by atoms with Crippen molar-refractivity contribution in [2.75, 3.05) is 32.7 Å². The van der Waals surface area contributed by atoms with Crippen LogP contribution in [0.3, 0.4) is 0 Å². The molecule has 0 aliphatic carbocycles. The molecule has 6 nitrogen and oxygen atoms in total. The average Bonchev–Trinajstić information content (AvgIpc) is 2.45. The molecule has 1 aliphatic rings. The molecule has 0 saturated carbocycles. The van der Waals surface area contributed by atoms with Crippen molar-refractivity contribution >= 4 is 16.0 Å². The quantitative estimate of drug-likeness (QED) is 0.869. The van der Waals surface area contributed by atoms with Crippen molar-refractivity contribution in [1.29, 1.82) is 0 Å². The van der Waals surface area contributed by atoms with Gasteiger partial charge in [0, 0.05) is 32.7 Å². The monoisotopic (exact) mass is 312 g/mol. The van der Waals surface area contributed by atoms with Crippen molar-refractivity contribution in [1.82, 2.24) is 9.21 Å². The summed E-state index contributed by atoms with van der Waals surface area (Å²) in [4.78, 5) is 12.9. The van der Waals surface area contributed by atoms with E-state index in [0.717, 1.165) is 5.56 Å². The zero-order chi connectivity index (χ0) is 15.5. The van der Waals surface area contributed by atoms with E-state index in [2.05, 4.69) is 0 Å². The molecule has 1 aromatic carbocycles. The first-order valence-electron chi connectivity index (χ1n) is 6.90. The summed E-state index contributed by atoms with van der Waals surface area (Å²) in [6.45, 7) is 4.26. The molecular formula is C14H20N2O4S. The van der Waals surface area contributed by atoms with E-state index in [4.69, 9.17) is 5.11 Å². The maximum Gasteiger partial charge on any atom is 0.304 e. The molecule has 116 valence electrons. The molecule has 1 saturated heterocycles. The summed E-state index contributed by atoms with van der Waals surface area (Å²) in [6.07, 6.45) is 0.0879. The molecule has 0 unspecified atom stereocenters. The van der Waals surface area contributed by atoms with Gasteiger partial charge in [-0.15, -0.1) is 0 Å². The number of nitrogens with zero attached hydrogens (tertiary/aromatic N) is 2. The van der Waals surface area contributed by atoms with Crippen molar-refractivity contribution in [2.24, 2.45) is 0 Å². The summed E-state index contributed by atoms with van der Waals surface area (Å²) >= 11 is 0. The van der Waals surface area contributed by atoms with Gasteiger partial charge in [0.2, 0.25) is 10.0 Å². The van der Waals surface area contributed by atoms with Gasteiger partial charge >= 0.3 is 5.97 Å². The highest BCUT2D eigenvalue weighted by Gasteiger charge is 2.28. The van der Waals surface area contributed by atoms with Crippen molar-refractivity contribution < 1.29 is 18.3 Å². The van der Waals surface area contributed by atoms with E-state index in [9.17, 15) is 13.2 Å². The van der Waals surface area contributed by atoms with Crippen molar-refractivity contribution in [3.05, 3.63) is 29.8 Å². The largest absolute Gasteiger partial charge is 0.481 e. The summed E-state index contributed by atoms with van der Waals surface area (Å²) in [5.74, 6) is -0.829. The number of sulfonamides is 1. The molecule has 1 aliphatic heterocycles. The number of aliphatic carboxylic acids is 1. The molecule has 1 heterocycles. The second-order valence-corrected chi connectivity index (χ2v) is 7.14. The van der Waals surface area contributed by atoms with Gasteiger partial charge in [-0.25, -0.2) is 8.42 Å². The van der Waals surface area contributed by atoms with E-state index in [1.807, 2.05) is 17.9 Å². The van der Waals surface area contributed by atoms with E-state index in [1.165, 1.54) is 4.31 Å². The molecular weight excluding hydrogens is 292 g/mol. The maximum atomic E-state index is 12.5. The van der Waals surface area contributed by atoms with Gasteiger partial charge in [0.05, 0.1) is 11.3 Å². The normalized spacial score (nSPS) is 17.8. The van der Waals surface area contributed by atoms with Gasteiger partial charge in [0.1, 0.15) is 0 Å². The van der Waals surface area contributed by atoms with Crippen molar-refractivity contribution in [3.8, 4) is 0 Å². The van der Waals surface area contributed by atoms with Crippen LogP contribution >= 0.6 is 0 Å². The Morgan fingerprint density at radius 1 is 1.24 bits per heavy atom. The van der Waals surface area contributed by atoms with E-state index >= 15 is 0 Å².